The van der Waals surface area contributed by atoms with Gasteiger partial charge in [0.05, 0.1) is 25.7 Å². The van der Waals surface area contributed by atoms with Crippen LogP contribution in [-0.4, -0.2) is 39.5 Å². The smallest absolute Gasteiger partial charge is 0.308 e. The first-order chi connectivity index (χ1) is 6.13. The molecule has 4 heteroatoms. The molecular weight excluding hydrogens is 172 g/mol. The van der Waals surface area contributed by atoms with Crippen LogP contribution >= 0.6 is 0 Å². The van der Waals surface area contributed by atoms with Gasteiger partial charge in [0, 0.05) is 20.6 Å². The van der Waals surface area contributed by atoms with Crippen LogP contribution in [0.3, 0.4) is 0 Å². The van der Waals surface area contributed by atoms with Crippen LogP contribution in [0.4, 0.5) is 0 Å². The largest absolute Gasteiger partial charge is 0.469 e. The minimum absolute atomic E-state index is 0.0922. The summed E-state index contributed by atoms with van der Waals surface area (Å²) in [6, 6.07) is 0. The molecule has 0 fully saturated rings. The van der Waals surface area contributed by atoms with E-state index < -0.39 is 0 Å². The SMILES string of the molecule is COC(=O)CC(CC(C)OC)OC. The Morgan fingerprint density at radius 3 is 2.23 bits per heavy atom. The van der Waals surface area contributed by atoms with Gasteiger partial charge in [-0.15, -0.1) is 0 Å². The van der Waals surface area contributed by atoms with E-state index in [0.29, 0.717) is 6.42 Å². The number of rotatable bonds is 6. The summed E-state index contributed by atoms with van der Waals surface area (Å²) in [7, 11) is 4.58. The summed E-state index contributed by atoms with van der Waals surface area (Å²) in [5.41, 5.74) is 0. The first-order valence-corrected chi connectivity index (χ1v) is 4.26. The molecule has 0 aliphatic rings. The molecule has 78 valence electrons. The summed E-state index contributed by atoms with van der Waals surface area (Å²) in [4.78, 5) is 10.9. The minimum atomic E-state index is -0.254. The Hall–Kier alpha value is -0.610. The van der Waals surface area contributed by atoms with Gasteiger partial charge in [0.2, 0.25) is 0 Å². The Morgan fingerprint density at radius 1 is 1.23 bits per heavy atom. The number of methoxy groups -OCH3 is 3. The Morgan fingerprint density at radius 2 is 1.85 bits per heavy atom. The van der Waals surface area contributed by atoms with Gasteiger partial charge in [-0.3, -0.25) is 4.79 Å². The summed E-state index contributed by atoms with van der Waals surface area (Å²) in [6.45, 7) is 1.93. The highest BCUT2D eigenvalue weighted by atomic mass is 16.5. The average molecular weight is 190 g/mol. The average Bonchev–Trinajstić information content (AvgIpc) is 2.16. The maximum Gasteiger partial charge on any atom is 0.308 e. The Labute approximate surface area is 79.2 Å². The number of hydrogen-bond acceptors (Lipinski definition) is 4. The second kappa shape index (κ2) is 6.86. The van der Waals surface area contributed by atoms with Crippen LogP contribution < -0.4 is 0 Å². The number of carbonyl (C=O) groups excluding carboxylic acids is 1. The number of carbonyl (C=O) groups is 1. The van der Waals surface area contributed by atoms with Gasteiger partial charge in [0.1, 0.15) is 0 Å². The standard InChI is InChI=1S/C9H18O4/c1-7(11-2)5-8(12-3)6-9(10)13-4/h7-8H,5-6H2,1-4H3. The number of ether oxygens (including phenoxy) is 3. The Balaban J connectivity index is 3.81. The van der Waals surface area contributed by atoms with Crippen LogP contribution in [0.25, 0.3) is 0 Å². The third kappa shape index (κ3) is 5.60. The van der Waals surface area contributed by atoms with Crippen molar-refractivity contribution in [2.75, 3.05) is 21.3 Å². The van der Waals surface area contributed by atoms with Crippen molar-refractivity contribution >= 4 is 5.97 Å². The van der Waals surface area contributed by atoms with Crippen molar-refractivity contribution in [3.05, 3.63) is 0 Å². The molecule has 0 amide bonds. The van der Waals surface area contributed by atoms with Gasteiger partial charge in [0.25, 0.3) is 0 Å². The summed E-state index contributed by atoms with van der Waals surface area (Å²) in [6.07, 6.45) is 0.944. The van der Waals surface area contributed by atoms with E-state index in [-0.39, 0.29) is 24.6 Å². The van der Waals surface area contributed by atoms with Crippen molar-refractivity contribution in [2.45, 2.75) is 32.0 Å². The predicted octanol–water partition coefficient (Wildman–Crippen LogP) is 0.990. The molecule has 0 radical (unpaired) electrons. The first-order valence-electron chi connectivity index (χ1n) is 4.26. The van der Waals surface area contributed by atoms with Crippen molar-refractivity contribution in [2.24, 2.45) is 0 Å². The van der Waals surface area contributed by atoms with E-state index in [1.807, 2.05) is 6.92 Å². The van der Waals surface area contributed by atoms with Gasteiger partial charge in [0.15, 0.2) is 0 Å². The van der Waals surface area contributed by atoms with Crippen LogP contribution in [0.1, 0.15) is 19.8 Å². The second-order valence-electron chi connectivity index (χ2n) is 2.92. The number of esters is 1. The van der Waals surface area contributed by atoms with E-state index in [9.17, 15) is 4.79 Å². The molecule has 0 aliphatic carbocycles. The van der Waals surface area contributed by atoms with Crippen LogP contribution in [0, 0.1) is 0 Å². The summed E-state index contributed by atoms with van der Waals surface area (Å²) >= 11 is 0. The molecule has 0 aromatic heterocycles. The highest BCUT2D eigenvalue weighted by molar-refractivity contribution is 5.69. The molecule has 0 bridgehead atoms. The molecule has 0 heterocycles. The van der Waals surface area contributed by atoms with Crippen molar-refractivity contribution in [3.63, 3.8) is 0 Å². The molecule has 0 N–H and O–H groups in total. The fourth-order valence-electron chi connectivity index (χ4n) is 0.999. The second-order valence-corrected chi connectivity index (χ2v) is 2.92. The van der Waals surface area contributed by atoms with E-state index >= 15 is 0 Å². The number of hydrogen-bond donors (Lipinski definition) is 0. The van der Waals surface area contributed by atoms with Gasteiger partial charge in [-0.05, 0) is 6.92 Å². The lowest BCUT2D eigenvalue weighted by atomic mass is 10.1. The molecular formula is C9H18O4. The van der Waals surface area contributed by atoms with E-state index in [1.165, 1.54) is 7.11 Å². The van der Waals surface area contributed by atoms with Crippen molar-refractivity contribution in [1.82, 2.24) is 0 Å². The van der Waals surface area contributed by atoms with E-state index in [1.54, 1.807) is 14.2 Å². The third-order valence-electron chi connectivity index (χ3n) is 1.95. The van der Waals surface area contributed by atoms with Gasteiger partial charge in [-0.2, -0.15) is 0 Å². The van der Waals surface area contributed by atoms with Crippen LogP contribution in [0.5, 0.6) is 0 Å². The zero-order valence-corrected chi connectivity index (χ0v) is 8.70. The molecule has 2 unspecified atom stereocenters. The lowest BCUT2D eigenvalue weighted by Crippen LogP contribution is -2.22. The zero-order valence-electron chi connectivity index (χ0n) is 8.70. The van der Waals surface area contributed by atoms with Gasteiger partial charge >= 0.3 is 5.97 Å². The fourth-order valence-corrected chi connectivity index (χ4v) is 0.999. The third-order valence-corrected chi connectivity index (χ3v) is 1.95. The lowest BCUT2D eigenvalue weighted by Gasteiger charge is -2.17. The summed E-state index contributed by atoms with van der Waals surface area (Å²) in [5, 5.41) is 0. The van der Waals surface area contributed by atoms with Crippen molar-refractivity contribution in [3.8, 4) is 0 Å². The highest BCUT2D eigenvalue weighted by Gasteiger charge is 2.16. The van der Waals surface area contributed by atoms with Crippen molar-refractivity contribution in [1.29, 1.82) is 0 Å². The van der Waals surface area contributed by atoms with E-state index in [0.717, 1.165) is 0 Å². The maximum atomic E-state index is 10.9. The molecule has 0 saturated carbocycles. The Bertz CT molecular complexity index is 147. The molecule has 13 heavy (non-hydrogen) atoms. The molecule has 0 rings (SSSR count). The lowest BCUT2D eigenvalue weighted by molar-refractivity contribution is -0.143. The molecule has 0 saturated heterocycles. The molecule has 0 aliphatic heterocycles. The molecule has 0 spiro atoms. The van der Waals surface area contributed by atoms with Crippen LogP contribution in [-0.2, 0) is 19.0 Å². The van der Waals surface area contributed by atoms with Crippen molar-refractivity contribution < 1.29 is 19.0 Å². The zero-order chi connectivity index (χ0) is 10.3. The molecule has 4 nitrogen and oxygen atoms in total. The predicted molar refractivity (Wildman–Crippen MR) is 48.5 cm³/mol. The monoisotopic (exact) mass is 190 g/mol. The molecule has 0 aromatic rings. The van der Waals surface area contributed by atoms with E-state index in [2.05, 4.69) is 4.74 Å². The van der Waals surface area contributed by atoms with Gasteiger partial charge in [-0.1, -0.05) is 0 Å². The minimum Gasteiger partial charge on any atom is -0.469 e. The highest BCUT2D eigenvalue weighted by Crippen LogP contribution is 2.08. The maximum absolute atomic E-state index is 10.9. The van der Waals surface area contributed by atoms with Crippen LogP contribution in [0.15, 0.2) is 0 Å². The topological polar surface area (TPSA) is 44.8 Å². The van der Waals surface area contributed by atoms with Crippen LogP contribution in [0.2, 0.25) is 0 Å². The molecule has 0 aromatic carbocycles. The Kier molecular flexibility index (Phi) is 6.54. The summed E-state index contributed by atoms with van der Waals surface area (Å²) < 4.78 is 14.7. The normalized spacial score (nSPS) is 15.1. The fraction of sp³-hybridized carbons (Fsp3) is 0.889. The van der Waals surface area contributed by atoms with Gasteiger partial charge in [-0.25, -0.2) is 0 Å². The summed E-state index contributed by atoms with van der Waals surface area (Å²) in [5.74, 6) is -0.254. The first kappa shape index (κ1) is 12.4. The van der Waals surface area contributed by atoms with E-state index in [4.69, 9.17) is 9.47 Å². The quantitative estimate of drug-likeness (QED) is 0.586. The molecule has 2 atom stereocenters. The van der Waals surface area contributed by atoms with Gasteiger partial charge < -0.3 is 14.2 Å².